The molecule has 0 radical (unpaired) electrons. The monoisotopic (exact) mass is 1510 g/mol. The normalized spacial score (nSPS) is 55.0. The lowest BCUT2D eigenvalue weighted by atomic mass is 9.33. The van der Waals surface area contributed by atoms with Crippen molar-refractivity contribution in [3.05, 3.63) is 11.6 Å². The van der Waals surface area contributed by atoms with Gasteiger partial charge in [0.25, 0.3) is 0 Å². The number of esters is 1. The first-order valence-electron chi connectivity index (χ1n) is 37.0. The molecule has 0 spiro atoms. The number of hydrogen-bond donors (Lipinski definition) is 20. The first-order chi connectivity index (χ1) is 49.2. The third-order valence-corrected chi connectivity index (χ3v) is 27.1. The molecule has 0 aromatic rings. The van der Waals surface area contributed by atoms with Crippen molar-refractivity contribution < 1.29 is 173 Å². The molecular formula is C70H114O35. The van der Waals surface area contributed by atoms with E-state index >= 15 is 4.79 Å². The highest BCUT2D eigenvalue weighted by Crippen LogP contribution is 2.76. The summed E-state index contributed by atoms with van der Waals surface area (Å²) in [5.41, 5.74) is -2.93. The second-order valence-corrected chi connectivity index (χ2v) is 33.8. The van der Waals surface area contributed by atoms with E-state index in [-0.39, 0.29) is 35.5 Å². The van der Waals surface area contributed by atoms with Crippen molar-refractivity contribution in [2.75, 3.05) is 33.0 Å². The molecule has 5 aliphatic carbocycles. The fraction of sp³-hybridized carbons (Fsp3) is 0.957. The Hall–Kier alpha value is -2.11. The number of rotatable bonds is 17. The lowest BCUT2D eigenvalue weighted by molar-refractivity contribution is -0.391. The number of carbonyl (C=O) groups excluding carboxylic acids is 1. The molecule has 35 heteroatoms. The van der Waals surface area contributed by atoms with Crippen LogP contribution in [0, 0.1) is 50.2 Å². The highest BCUT2D eigenvalue weighted by molar-refractivity contribution is 5.79. The van der Waals surface area contributed by atoms with E-state index < -0.39 is 282 Å². The zero-order valence-electron chi connectivity index (χ0n) is 60.5. The zero-order valence-corrected chi connectivity index (χ0v) is 60.5. The summed E-state index contributed by atoms with van der Waals surface area (Å²) in [5.74, 6) is -1.25. The van der Waals surface area contributed by atoms with E-state index in [0.29, 0.717) is 32.1 Å². The molecular weight excluding hydrogens is 1400 g/mol. The predicted octanol–water partition coefficient (Wildman–Crippen LogP) is -6.26. The van der Waals surface area contributed by atoms with E-state index in [9.17, 15) is 102 Å². The minimum absolute atomic E-state index is 0.00618. The number of aliphatic hydroxyl groups is 20. The predicted molar refractivity (Wildman–Crippen MR) is 347 cm³/mol. The molecule has 0 bridgehead atoms. The van der Waals surface area contributed by atoms with Crippen molar-refractivity contribution in [1.82, 2.24) is 0 Å². The SMILES string of the molecule is C[C@@H]1O[C@@H](O[C@H]2[C@H](O)[C@@H](O)[C@H](OC[C@H]3O[C@@H](OC(=O)[C@@]45CC[C@]6(C)C(=CC[C@@H]7[C@@]8(C)CC[C@H](O[C@@H]9OC[C@H](O[C@@H]%10O[C@H](CO)[C@@H](O)[C@H](O)[C@H]%10O)[C@H](O[C@@H]%10O[C@@H](C)[C@H](O)[C@@H](O)[C@H]%10O[C@@H]%10OC[C@@H](O)[C@@H](O)[C@H]%10O)[C@H]9O)C(C)(C)[C@@H]8CC[C@]76C)[C@@H]4CC(C)(C)[C@H](O)C5)[C@H](O)[C@@H](O)[C@@H]3O)O[C@@H]2CO)[C@H](O)[C@H](O)[C@H]1O. The van der Waals surface area contributed by atoms with Gasteiger partial charge in [0.05, 0.1) is 62.9 Å². The molecule has 11 fully saturated rings. The summed E-state index contributed by atoms with van der Waals surface area (Å²) >= 11 is 0. The quantitative estimate of drug-likeness (QED) is 0.0366. The Balaban J connectivity index is 0.745. The molecule has 0 aromatic carbocycles. The average molecular weight is 1520 g/mol. The number of aliphatic hydroxyl groups excluding tert-OH is 20. The van der Waals surface area contributed by atoms with Gasteiger partial charge in [-0.3, -0.25) is 4.79 Å². The van der Waals surface area contributed by atoms with Gasteiger partial charge >= 0.3 is 5.97 Å². The van der Waals surface area contributed by atoms with Crippen LogP contribution in [0.3, 0.4) is 0 Å². The Morgan fingerprint density at radius 1 is 0.467 bits per heavy atom. The van der Waals surface area contributed by atoms with Crippen LogP contribution < -0.4 is 0 Å². The van der Waals surface area contributed by atoms with Crippen molar-refractivity contribution in [3.63, 3.8) is 0 Å². The van der Waals surface area contributed by atoms with Crippen LogP contribution in [0.1, 0.15) is 120 Å². The zero-order chi connectivity index (χ0) is 76.6. The molecule has 12 aliphatic rings. The van der Waals surface area contributed by atoms with Crippen molar-refractivity contribution >= 4 is 5.97 Å². The molecule has 0 aromatic heterocycles. The third kappa shape index (κ3) is 14.4. The van der Waals surface area contributed by atoms with Crippen molar-refractivity contribution in [1.29, 1.82) is 0 Å². The van der Waals surface area contributed by atoms with Crippen molar-refractivity contribution in [3.8, 4) is 0 Å². The van der Waals surface area contributed by atoms with Crippen molar-refractivity contribution in [2.45, 2.75) is 335 Å². The summed E-state index contributed by atoms with van der Waals surface area (Å²) < 4.78 is 84.1. The summed E-state index contributed by atoms with van der Waals surface area (Å²) in [4.78, 5) is 15.4. The second kappa shape index (κ2) is 31.0. The molecule has 0 amide bonds. The Morgan fingerprint density at radius 3 is 1.67 bits per heavy atom. The smallest absolute Gasteiger partial charge is 0.315 e. The summed E-state index contributed by atoms with van der Waals surface area (Å²) in [7, 11) is 0. The van der Waals surface area contributed by atoms with Gasteiger partial charge in [0.1, 0.15) is 146 Å². The Kier molecular flexibility index (Phi) is 24.3. The molecule has 4 saturated carbocycles. The van der Waals surface area contributed by atoms with E-state index in [1.165, 1.54) is 13.8 Å². The number of carbonyl (C=O) groups is 1. The first kappa shape index (κ1) is 82.4. The molecule has 0 unspecified atom stereocenters. The van der Waals surface area contributed by atoms with Gasteiger partial charge in [0, 0.05) is 0 Å². The number of allylic oxidation sites excluding steroid dienone is 2. The average Bonchev–Trinajstić information content (AvgIpc) is 0.673. The van der Waals surface area contributed by atoms with Crippen molar-refractivity contribution in [2.24, 2.45) is 50.2 Å². The van der Waals surface area contributed by atoms with Gasteiger partial charge in [0.15, 0.2) is 37.7 Å². The maximum atomic E-state index is 15.4. The minimum atomic E-state index is -1.99. The lowest BCUT2D eigenvalue weighted by Gasteiger charge is -2.71. The maximum Gasteiger partial charge on any atom is 0.315 e. The van der Waals surface area contributed by atoms with Crippen LogP contribution in [0.5, 0.6) is 0 Å². The van der Waals surface area contributed by atoms with Gasteiger partial charge in [-0.25, -0.2) is 0 Å². The second-order valence-electron chi connectivity index (χ2n) is 33.8. The van der Waals surface area contributed by atoms with Gasteiger partial charge < -0.3 is 168 Å². The summed E-state index contributed by atoms with van der Waals surface area (Å²) in [6.07, 6.45) is -50.6. The van der Waals surface area contributed by atoms with E-state index in [0.717, 1.165) is 18.4 Å². The molecule has 35 nitrogen and oxygen atoms in total. The van der Waals surface area contributed by atoms with Crippen LogP contribution in [0.2, 0.25) is 0 Å². The van der Waals surface area contributed by atoms with Gasteiger partial charge in [-0.05, 0) is 116 Å². The van der Waals surface area contributed by atoms with E-state index in [1.807, 2.05) is 13.8 Å². The summed E-state index contributed by atoms with van der Waals surface area (Å²) in [6.45, 7) is 14.6. The highest BCUT2D eigenvalue weighted by atomic mass is 16.8. The molecule has 7 saturated heterocycles. The largest absolute Gasteiger partial charge is 0.432 e. The third-order valence-electron chi connectivity index (χ3n) is 27.1. The maximum absolute atomic E-state index is 15.4. The lowest BCUT2D eigenvalue weighted by Crippen LogP contribution is -2.67. The number of ether oxygens (including phenoxy) is 14. The van der Waals surface area contributed by atoms with E-state index in [4.69, 9.17) is 66.3 Å². The molecule has 7 aliphatic heterocycles. The number of hydrogen-bond acceptors (Lipinski definition) is 35. The standard InChI is InChI=1S/C70H114O35/c1-25-38(75)43(80)49(86)60(95-25)102-54-31(21-72)98-57(52(89)47(54)84)93-23-32-42(79)45(82)51(88)62(99-32)105-64(91)70-17-16-68(8)27(28(70)18-65(3,4)36(74)19-70)10-11-35-67(7)14-13-37(66(5,6)34(67)12-15-69(35,68)9)101-59-53(90)55(33(24-94-59)100-61-50(87)44(81)41(78)30(20-71)97-61)103-63-56(46(83)39(76)26(2)96-63)104-58-48(85)40(77)29(73)22-92-58/h10,25-26,28-63,71-90H,11-24H2,1-9H3/t25-,26-,28-,29+,30+,31+,32+,33-,34-,35+,36+,37-,38-,39-,40+,41+,42+,43+,44-,45-,46+,47+,48+,49+,50+,51+,52+,53+,54+,55-,56+,57+,58-,59-,60-,61-,62-,63-,67-,68+,69+,70+/m0/s1. The van der Waals surface area contributed by atoms with Crippen LogP contribution in [0.15, 0.2) is 11.6 Å². The van der Waals surface area contributed by atoms with Gasteiger partial charge in [-0.15, -0.1) is 0 Å². The first-order valence-corrected chi connectivity index (χ1v) is 37.0. The van der Waals surface area contributed by atoms with Crippen LogP contribution in [-0.4, -0.2) is 356 Å². The molecule has 12 rings (SSSR count). The molecule has 20 N–H and O–H groups in total. The fourth-order valence-electron chi connectivity index (χ4n) is 20.2. The fourth-order valence-corrected chi connectivity index (χ4v) is 20.2. The van der Waals surface area contributed by atoms with E-state index in [2.05, 4.69) is 40.7 Å². The van der Waals surface area contributed by atoms with Crippen LogP contribution in [0.4, 0.5) is 0 Å². The Morgan fingerprint density at radius 2 is 1.00 bits per heavy atom. The minimum Gasteiger partial charge on any atom is -0.432 e. The topological polar surface area (TPSA) is 551 Å². The van der Waals surface area contributed by atoms with Gasteiger partial charge in [0.2, 0.25) is 6.29 Å². The Labute approximate surface area is 607 Å². The Bertz CT molecular complexity index is 2990. The highest BCUT2D eigenvalue weighted by Gasteiger charge is 2.71. The molecule has 604 valence electrons. The summed E-state index contributed by atoms with van der Waals surface area (Å²) in [6, 6.07) is 0. The van der Waals surface area contributed by atoms with E-state index in [1.54, 1.807) is 0 Å². The molecule has 7 heterocycles. The van der Waals surface area contributed by atoms with Crippen LogP contribution in [0.25, 0.3) is 0 Å². The van der Waals surface area contributed by atoms with Crippen LogP contribution in [-0.2, 0) is 71.1 Å². The van der Waals surface area contributed by atoms with Gasteiger partial charge in [-0.1, -0.05) is 60.1 Å². The summed E-state index contributed by atoms with van der Waals surface area (Å²) in [5, 5.41) is 219. The van der Waals surface area contributed by atoms with Crippen LogP contribution >= 0.6 is 0 Å². The number of fused-ring (bicyclic) bond motifs is 7. The molecule has 42 atom stereocenters. The molecule has 105 heavy (non-hydrogen) atoms. The van der Waals surface area contributed by atoms with Gasteiger partial charge in [-0.2, -0.15) is 0 Å².